The van der Waals surface area contributed by atoms with Crippen LogP contribution in [0.1, 0.15) is 24.0 Å². The van der Waals surface area contributed by atoms with E-state index in [0.29, 0.717) is 16.6 Å². The Kier molecular flexibility index (Phi) is 7.68. The number of hydrogen-bond donors (Lipinski definition) is 0. The van der Waals surface area contributed by atoms with Crippen LogP contribution < -0.4 is 9.80 Å². The summed E-state index contributed by atoms with van der Waals surface area (Å²) in [6.07, 6.45) is 3.47. The van der Waals surface area contributed by atoms with Crippen molar-refractivity contribution < 1.29 is 17.6 Å². The van der Waals surface area contributed by atoms with Crippen molar-refractivity contribution in [3.05, 3.63) is 95.8 Å². The van der Waals surface area contributed by atoms with Crippen LogP contribution in [0.3, 0.4) is 0 Å². The van der Waals surface area contributed by atoms with E-state index in [9.17, 15) is 17.6 Å². The molecule has 0 radical (unpaired) electrons. The molecule has 0 aromatic heterocycles. The molecule has 0 unspecified atom stereocenters. The van der Waals surface area contributed by atoms with Crippen molar-refractivity contribution in [2.24, 2.45) is 10.9 Å². The molecule has 3 aromatic carbocycles. The quantitative estimate of drug-likeness (QED) is 0.405. The van der Waals surface area contributed by atoms with Gasteiger partial charge in [-0.15, -0.1) is 0 Å². The number of benzene rings is 3. The van der Waals surface area contributed by atoms with Crippen LogP contribution >= 0.6 is 11.8 Å². The summed E-state index contributed by atoms with van der Waals surface area (Å²) in [5, 5.41) is 0.372. The maximum atomic E-state index is 13.3. The van der Waals surface area contributed by atoms with Gasteiger partial charge in [0.15, 0.2) is 15.0 Å². The molecule has 0 aliphatic carbocycles. The SMILES string of the molecule is O=C(Cc1ccc(F)cc1)N=C1S[C@H]2CS(=O)(=O)C[C@H]2N1c1ccc(N2CCC(Cc3ccccc3)CC2)cc1. The molecule has 40 heavy (non-hydrogen) atoms. The van der Waals surface area contributed by atoms with Crippen molar-refractivity contribution in [1.29, 1.82) is 0 Å². The van der Waals surface area contributed by atoms with Gasteiger partial charge in [0.05, 0.1) is 24.0 Å². The van der Waals surface area contributed by atoms with Crippen molar-refractivity contribution in [3.63, 3.8) is 0 Å². The molecule has 3 fully saturated rings. The van der Waals surface area contributed by atoms with Gasteiger partial charge in [0.2, 0.25) is 0 Å². The van der Waals surface area contributed by atoms with Crippen molar-refractivity contribution >= 4 is 44.0 Å². The van der Waals surface area contributed by atoms with Gasteiger partial charge in [-0.1, -0.05) is 54.2 Å². The lowest BCUT2D eigenvalue weighted by molar-refractivity contribution is -0.117. The lowest BCUT2D eigenvalue weighted by Gasteiger charge is -2.34. The number of amidine groups is 1. The Hall–Kier alpha value is -3.17. The molecular weight excluding hydrogens is 545 g/mol. The molecule has 2 atom stereocenters. The summed E-state index contributed by atoms with van der Waals surface area (Å²) >= 11 is 1.37. The molecule has 6 rings (SSSR count). The molecule has 3 saturated heterocycles. The monoisotopic (exact) mass is 577 g/mol. The van der Waals surface area contributed by atoms with Crippen LogP contribution in [0.15, 0.2) is 83.9 Å². The maximum Gasteiger partial charge on any atom is 0.252 e. The minimum Gasteiger partial charge on any atom is -0.372 e. The number of piperidine rings is 1. The first-order valence-corrected chi connectivity index (χ1v) is 16.4. The molecule has 3 aliphatic rings. The molecule has 3 aliphatic heterocycles. The van der Waals surface area contributed by atoms with Crippen LogP contribution in [0.4, 0.5) is 15.8 Å². The first kappa shape index (κ1) is 27.0. The van der Waals surface area contributed by atoms with Crippen LogP contribution in [-0.2, 0) is 27.5 Å². The van der Waals surface area contributed by atoms with Crippen LogP contribution in [-0.4, -0.2) is 55.4 Å². The highest BCUT2D eigenvalue weighted by atomic mass is 32.2. The number of carbonyl (C=O) groups is 1. The third-order valence-corrected chi connectivity index (χ3v) is 11.2. The van der Waals surface area contributed by atoms with E-state index in [1.54, 1.807) is 12.1 Å². The van der Waals surface area contributed by atoms with Gasteiger partial charge >= 0.3 is 0 Å². The van der Waals surface area contributed by atoms with E-state index in [1.807, 2.05) is 17.0 Å². The van der Waals surface area contributed by atoms with Gasteiger partial charge in [0.1, 0.15) is 5.82 Å². The Labute approximate surface area is 239 Å². The Bertz CT molecular complexity index is 1490. The first-order valence-electron chi connectivity index (χ1n) is 13.7. The highest BCUT2D eigenvalue weighted by Gasteiger charge is 2.49. The number of anilines is 2. The molecule has 0 spiro atoms. The average Bonchev–Trinajstić information content (AvgIpc) is 3.41. The molecule has 9 heteroatoms. The summed E-state index contributed by atoms with van der Waals surface area (Å²) in [6.45, 7) is 2.01. The zero-order valence-corrected chi connectivity index (χ0v) is 23.8. The normalized spacial score (nSPS) is 23.5. The number of thioether (sulfide) groups is 1. The zero-order chi connectivity index (χ0) is 27.7. The molecule has 1 amide bonds. The van der Waals surface area contributed by atoms with E-state index in [2.05, 4.69) is 52.4 Å². The van der Waals surface area contributed by atoms with Crippen molar-refractivity contribution in [1.82, 2.24) is 0 Å². The molecule has 0 saturated carbocycles. The molecule has 0 bridgehead atoms. The highest BCUT2D eigenvalue weighted by molar-refractivity contribution is 8.16. The van der Waals surface area contributed by atoms with E-state index in [4.69, 9.17) is 0 Å². The third kappa shape index (κ3) is 6.10. The first-order chi connectivity index (χ1) is 19.3. The largest absolute Gasteiger partial charge is 0.372 e. The van der Waals surface area contributed by atoms with Crippen LogP contribution in [0, 0.1) is 11.7 Å². The minimum atomic E-state index is -3.15. The Morgan fingerprint density at radius 1 is 0.875 bits per heavy atom. The fourth-order valence-corrected chi connectivity index (χ4v) is 9.89. The minimum absolute atomic E-state index is 0.0481. The van der Waals surface area contributed by atoms with E-state index < -0.39 is 9.84 Å². The molecule has 3 heterocycles. The van der Waals surface area contributed by atoms with Crippen LogP contribution in [0.25, 0.3) is 0 Å². The van der Waals surface area contributed by atoms with E-state index in [1.165, 1.54) is 29.5 Å². The van der Waals surface area contributed by atoms with E-state index >= 15 is 0 Å². The van der Waals surface area contributed by atoms with Gasteiger partial charge in [-0.25, -0.2) is 12.8 Å². The van der Waals surface area contributed by atoms with Gasteiger partial charge in [0.25, 0.3) is 5.91 Å². The van der Waals surface area contributed by atoms with Gasteiger partial charge < -0.3 is 9.80 Å². The second kappa shape index (κ2) is 11.4. The number of amides is 1. The Balaban J connectivity index is 1.16. The molecular formula is C31H32FN3O3S2. The number of carbonyl (C=O) groups excluding carboxylic acids is 1. The van der Waals surface area contributed by atoms with Gasteiger partial charge in [-0.3, -0.25) is 4.79 Å². The van der Waals surface area contributed by atoms with Crippen LogP contribution in [0.2, 0.25) is 0 Å². The number of hydrogen-bond acceptors (Lipinski definition) is 5. The number of aliphatic imine (C=N–C) groups is 1. The number of halogens is 1. The summed E-state index contributed by atoms with van der Waals surface area (Å²) in [5.74, 6) is 0.130. The molecule has 208 valence electrons. The summed E-state index contributed by atoms with van der Waals surface area (Å²) in [7, 11) is -3.15. The Morgan fingerprint density at radius 2 is 1.55 bits per heavy atom. The van der Waals surface area contributed by atoms with Gasteiger partial charge in [0, 0.05) is 29.7 Å². The summed E-state index contributed by atoms with van der Waals surface area (Å²) in [6, 6.07) is 24.4. The predicted octanol–water partition coefficient (Wildman–Crippen LogP) is 5.13. The molecule has 6 nitrogen and oxygen atoms in total. The number of fused-ring (bicyclic) bond motifs is 1. The van der Waals surface area contributed by atoms with Gasteiger partial charge in [-0.2, -0.15) is 4.99 Å². The van der Waals surface area contributed by atoms with Crippen molar-refractivity contribution in [2.45, 2.75) is 37.0 Å². The third-order valence-electron chi connectivity index (χ3n) is 8.03. The predicted molar refractivity (Wildman–Crippen MR) is 160 cm³/mol. The highest BCUT2D eigenvalue weighted by Crippen LogP contribution is 2.41. The van der Waals surface area contributed by atoms with Gasteiger partial charge in [-0.05, 0) is 72.7 Å². The second-order valence-electron chi connectivity index (χ2n) is 10.9. The fourth-order valence-electron chi connectivity index (χ4n) is 5.96. The lowest BCUT2D eigenvalue weighted by atomic mass is 9.90. The Morgan fingerprint density at radius 3 is 2.25 bits per heavy atom. The topological polar surface area (TPSA) is 70.0 Å². The second-order valence-corrected chi connectivity index (χ2v) is 14.3. The van der Waals surface area contributed by atoms with Crippen molar-refractivity contribution in [3.8, 4) is 0 Å². The van der Waals surface area contributed by atoms with Crippen molar-refractivity contribution in [2.75, 3.05) is 34.4 Å². The zero-order valence-electron chi connectivity index (χ0n) is 22.2. The van der Waals surface area contributed by atoms with E-state index in [-0.39, 0.29) is 40.9 Å². The number of sulfone groups is 1. The number of nitrogens with zero attached hydrogens (tertiary/aromatic N) is 3. The smallest absolute Gasteiger partial charge is 0.252 e. The lowest BCUT2D eigenvalue weighted by Crippen LogP contribution is -2.38. The standard InChI is InChI=1S/C31H32FN3O3S2/c32-25-8-6-23(7-9-25)19-30(36)33-31-35(28-20-40(37,38)21-29(28)39-31)27-12-10-26(11-13-27)34-16-14-24(15-17-34)18-22-4-2-1-3-5-22/h1-13,24,28-29H,14-21H2/t28-,29+/m1/s1. The van der Waals surface area contributed by atoms with E-state index in [0.717, 1.165) is 43.7 Å². The fraction of sp³-hybridized carbons (Fsp3) is 0.355. The average molecular weight is 578 g/mol. The molecule has 3 aromatic rings. The summed E-state index contributed by atoms with van der Waals surface area (Å²) in [4.78, 5) is 21.6. The van der Waals surface area contributed by atoms with Crippen LogP contribution in [0.5, 0.6) is 0 Å². The summed E-state index contributed by atoms with van der Waals surface area (Å²) < 4.78 is 38.1. The maximum absolute atomic E-state index is 13.3. The molecule has 0 N–H and O–H groups in total. The number of rotatable bonds is 6. The summed E-state index contributed by atoms with van der Waals surface area (Å²) in [5.41, 5.74) is 4.07.